The maximum Gasteiger partial charge on any atom is 2.00 e. The summed E-state index contributed by atoms with van der Waals surface area (Å²) in [5.74, 6) is 0. The number of anilines is 3. The maximum atomic E-state index is 4.98. The summed E-state index contributed by atoms with van der Waals surface area (Å²) in [4.78, 5) is 11.9. The van der Waals surface area contributed by atoms with Gasteiger partial charge in [-0.3, -0.25) is 0 Å². The Labute approximate surface area is 325 Å². The Morgan fingerprint density at radius 1 is 0.615 bits per heavy atom. The van der Waals surface area contributed by atoms with E-state index in [1.54, 1.807) is 0 Å². The Hall–Kier alpha value is -4.63. The smallest absolute Gasteiger partial charge is 0.346 e. The molecule has 8 rings (SSSR count). The van der Waals surface area contributed by atoms with Gasteiger partial charge >= 0.3 is 21.1 Å². The molecule has 0 spiro atoms. The van der Waals surface area contributed by atoms with E-state index >= 15 is 0 Å². The van der Waals surface area contributed by atoms with Crippen molar-refractivity contribution in [1.29, 1.82) is 0 Å². The van der Waals surface area contributed by atoms with E-state index in [9.17, 15) is 0 Å². The van der Waals surface area contributed by atoms with Crippen LogP contribution in [0.2, 0.25) is 0 Å². The number of benzene rings is 5. The van der Waals surface area contributed by atoms with Gasteiger partial charge < -0.3 is 14.9 Å². The number of hydrogen-bond donors (Lipinski definition) is 0. The molecule has 260 valence electrons. The van der Waals surface area contributed by atoms with Crippen LogP contribution in [-0.4, -0.2) is 9.97 Å². The molecule has 52 heavy (non-hydrogen) atoms. The first kappa shape index (κ1) is 35.8. The Balaban J connectivity index is 0.00000420. The number of fused-ring (bicyclic) bond motifs is 5. The first-order valence-electron chi connectivity index (χ1n) is 17.6. The summed E-state index contributed by atoms with van der Waals surface area (Å²) in [6.07, 6.45) is 4.89. The molecule has 3 heterocycles. The van der Waals surface area contributed by atoms with E-state index in [-0.39, 0.29) is 31.9 Å². The Morgan fingerprint density at radius 2 is 1.29 bits per heavy atom. The van der Waals surface area contributed by atoms with Crippen molar-refractivity contribution in [3.05, 3.63) is 151 Å². The third kappa shape index (κ3) is 7.07. The summed E-state index contributed by atoms with van der Waals surface area (Å²) in [6.45, 7) is 13.6. The summed E-state index contributed by atoms with van der Waals surface area (Å²) in [7, 11) is 0. The van der Waals surface area contributed by atoms with Gasteiger partial charge in [0, 0.05) is 38.6 Å². The summed E-state index contributed by atoms with van der Waals surface area (Å²) >= 11 is 1.83. The molecule has 0 fully saturated rings. The Kier molecular flexibility index (Phi) is 9.67. The second-order valence-electron chi connectivity index (χ2n) is 15.6. The van der Waals surface area contributed by atoms with E-state index in [1.807, 2.05) is 29.8 Å². The standard InChI is InChI=1S/C47H41N3S.Pt/c1-46(2,3)30-31-18-20-39-32(26-31)19-21-40-41-23-25-49-43(45(41)51-44(39)40)34-13-11-17-38(28-34)50(36-14-8-7-9-15-36)37-16-10-12-33(27-37)42-29-35(22-24-48-42)47(4,5)6;/h7-26,29H,30H2,1-6H3;/q-2;+2. The van der Waals surface area contributed by atoms with Gasteiger partial charge in [0.1, 0.15) is 0 Å². The van der Waals surface area contributed by atoms with Crippen LogP contribution < -0.4 is 4.90 Å². The van der Waals surface area contributed by atoms with Crippen LogP contribution in [0.1, 0.15) is 52.7 Å². The fourth-order valence-electron chi connectivity index (χ4n) is 6.94. The fraction of sp³-hybridized carbons (Fsp3) is 0.191. The Morgan fingerprint density at radius 3 is 2.02 bits per heavy atom. The van der Waals surface area contributed by atoms with Crippen LogP contribution in [0.15, 0.2) is 128 Å². The summed E-state index contributed by atoms with van der Waals surface area (Å²) < 4.78 is 2.48. The van der Waals surface area contributed by atoms with Crippen molar-refractivity contribution in [2.24, 2.45) is 5.41 Å². The average Bonchev–Trinajstić information content (AvgIpc) is 3.51. The van der Waals surface area contributed by atoms with Gasteiger partial charge in [-0.25, -0.2) is 0 Å². The molecule has 3 nitrogen and oxygen atoms in total. The zero-order valence-corrected chi connectivity index (χ0v) is 33.5. The van der Waals surface area contributed by atoms with Crippen molar-refractivity contribution in [3.8, 4) is 22.5 Å². The van der Waals surface area contributed by atoms with E-state index < -0.39 is 0 Å². The molecule has 0 saturated carbocycles. The van der Waals surface area contributed by atoms with E-state index in [4.69, 9.17) is 9.97 Å². The van der Waals surface area contributed by atoms with Crippen molar-refractivity contribution in [2.75, 3.05) is 4.90 Å². The first-order valence-corrected chi connectivity index (χ1v) is 18.4. The van der Waals surface area contributed by atoms with Crippen LogP contribution in [0, 0.1) is 17.5 Å². The van der Waals surface area contributed by atoms with Gasteiger partial charge in [-0.1, -0.05) is 96.1 Å². The molecule has 0 radical (unpaired) electrons. The summed E-state index contributed by atoms with van der Waals surface area (Å²) in [5, 5.41) is 5.08. The molecular formula is C47H41N3PtS. The van der Waals surface area contributed by atoms with Gasteiger partial charge in [0.15, 0.2) is 0 Å². The van der Waals surface area contributed by atoms with Gasteiger partial charge in [-0.15, -0.1) is 71.0 Å². The zero-order chi connectivity index (χ0) is 35.3. The van der Waals surface area contributed by atoms with Gasteiger partial charge in [0.05, 0.1) is 0 Å². The molecule has 0 aliphatic heterocycles. The number of aromatic nitrogens is 2. The molecule has 0 atom stereocenters. The van der Waals surface area contributed by atoms with E-state index in [1.165, 1.54) is 42.1 Å². The minimum Gasteiger partial charge on any atom is -0.346 e. The van der Waals surface area contributed by atoms with Crippen LogP contribution in [0.25, 0.3) is 53.5 Å². The van der Waals surface area contributed by atoms with Crippen LogP contribution >= 0.6 is 11.3 Å². The predicted molar refractivity (Wildman–Crippen MR) is 218 cm³/mol. The number of nitrogens with zero attached hydrogens (tertiary/aromatic N) is 3. The predicted octanol–water partition coefficient (Wildman–Crippen LogP) is 13.3. The third-order valence-electron chi connectivity index (χ3n) is 9.38. The molecule has 8 aromatic rings. The molecule has 0 aliphatic rings. The summed E-state index contributed by atoms with van der Waals surface area (Å²) in [6, 6.07) is 48.5. The van der Waals surface area contributed by atoms with Crippen molar-refractivity contribution in [2.45, 2.75) is 53.4 Å². The van der Waals surface area contributed by atoms with Gasteiger partial charge in [0.25, 0.3) is 0 Å². The first-order chi connectivity index (χ1) is 24.5. The van der Waals surface area contributed by atoms with Crippen molar-refractivity contribution in [3.63, 3.8) is 0 Å². The quantitative estimate of drug-likeness (QED) is 0.156. The summed E-state index contributed by atoms with van der Waals surface area (Å²) in [5.41, 5.74) is 9.51. The minimum absolute atomic E-state index is 0. The van der Waals surface area contributed by atoms with Gasteiger partial charge in [-0.05, 0) is 85.9 Å². The van der Waals surface area contributed by atoms with Crippen LogP contribution in [0.5, 0.6) is 0 Å². The van der Waals surface area contributed by atoms with E-state index in [0.717, 1.165) is 46.0 Å². The molecule has 3 aromatic heterocycles. The second-order valence-corrected chi connectivity index (χ2v) is 16.6. The van der Waals surface area contributed by atoms with Gasteiger partial charge in [-0.2, -0.15) is 0 Å². The van der Waals surface area contributed by atoms with E-state index in [2.05, 4.69) is 168 Å². The number of para-hydroxylation sites is 1. The van der Waals surface area contributed by atoms with Crippen molar-refractivity contribution in [1.82, 2.24) is 9.97 Å². The van der Waals surface area contributed by atoms with Crippen LogP contribution in [0.3, 0.4) is 0 Å². The van der Waals surface area contributed by atoms with Crippen LogP contribution in [0.4, 0.5) is 17.1 Å². The zero-order valence-electron chi connectivity index (χ0n) is 30.4. The molecule has 0 N–H and O–H groups in total. The Bertz CT molecular complexity index is 2540. The molecule has 0 amide bonds. The number of rotatable bonds is 6. The maximum absolute atomic E-state index is 4.98. The minimum atomic E-state index is 0. The second kappa shape index (κ2) is 14.1. The number of hydrogen-bond acceptors (Lipinski definition) is 4. The number of pyridine rings is 2. The molecule has 0 bridgehead atoms. The van der Waals surface area contributed by atoms with Crippen molar-refractivity contribution >= 4 is 59.3 Å². The monoisotopic (exact) mass is 874 g/mol. The molecule has 5 aromatic carbocycles. The SMILES string of the molecule is CC(C)(C)Cc1ccc2c(ccc3c4ccnc(-c5[c-]c(N(c6[c-]c(-c7cc(C(C)(C)C)ccn7)ccc6)c6ccccc6)ccc5)c4sc23)c1.[Pt+2]. The van der Waals surface area contributed by atoms with Gasteiger partial charge in [0.2, 0.25) is 0 Å². The fourth-order valence-corrected chi connectivity index (χ4v) is 8.28. The third-order valence-corrected chi connectivity index (χ3v) is 10.6. The topological polar surface area (TPSA) is 29.0 Å². The van der Waals surface area contributed by atoms with Crippen LogP contribution in [-0.2, 0) is 32.9 Å². The normalized spacial score (nSPS) is 12.0. The largest absolute Gasteiger partial charge is 2.00 e. The van der Waals surface area contributed by atoms with Crippen molar-refractivity contribution < 1.29 is 21.1 Å². The van der Waals surface area contributed by atoms with E-state index in [0.29, 0.717) is 0 Å². The molecule has 0 saturated heterocycles. The molecular weight excluding hydrogens is 834 g/mol. The molecule has 5 heteroatoms. The average molecular weight is 875 g/mol. The molecule has 0 unspecified atom stereocenters. The number of thiophene rings is 1. The molecule has 0 aliphatic carbocycles.